The van der Waals surface area contributed by atoms with E-state index < -0.39 is 0 Å². The minimum absolute atomic E-state index is 0.538. The van der Waals surface area contributed by atoms with E-state index in [1.807, 2.05) is 12.2 Å². The number of anilines is 2. The number of nitrogen functional groups attached to an aromatic ring is 1. The minimum Gasteiger partial charge on any atom is -0.398 e. The molecule has 0 saturated carbocycles. The third-order valence-electron chi connectivity index (χ3n) is 2.50. The van der Waals surface area contributed by atoms with Gasteiger partial charge in [0.2, 0.25) is 0 Å². The van der Waals surface area contributed by atoms with Gasteiger partial charge in [0.1, 0.15) is 0 Å². The highest BCUT2D eigenvalue weighted by molar-refractivity contribution is 6.33. The van der Waals surface area contributed by atoms with Crippen LogP contribution in [-0.2, 0) is 0 Å². The van der Waals surface area contributed by atoms with Gasteiger partial charge >= 0.3 is 0 Å². The molecule has 0 fully saturated rings. The molecular formula is C12H13ClN4. The summed E-state index contributed by atoms with van der Waals surface area (Å²) in [6.07, 6.45) is 5.18. The normalized spacial score (nSPS) is 13.6. The van der Waals surface area contributed by atoms with Crippen molar-refractivity contribution in [2.45, 2.75) is 0 Å². The fraction of sp³-hybridized carbons (Fsp3) is 0.167. The molecule has 5 heteroatoms. The number of hydrogen-bond acceptors (Lipinski definition) is 4. The number of nitrogens with two attached hydrogens (primary N) is 1. The third-order valence-corrected chi connectivity index (χ3v) is 2.81. The maximum atomic E-state index is 7.18. The van der Waals surface area contributed by atoms with Crippen molar-refractivity contribution >= 4 is 34.9 Å². The summed E-state index contributed by atoms with van der Waals surface area (Å²) < 4.78 is 0. The van der Waals surface area contributed by atoms with Gasteiger partial charge in [-0.05, 0) is 18.2 Å². The van der Waals surface area contributed by atoms with Gasteiger partial charge in [0.25, 0.3) is 0 Å². The molecule has 17 heavy (non-hydrogen) atoms. The Hall–Kier alpha value is -1.81. The standard InChI is InChI=1S/C12H13ClN4/c13-10-4-8(6-14)11(15)5-12(10)17-7-9-2-1-3-16-9/h1-2,4-6,14,17H,3,7,15H2. The lowest BCUT2D eigenvalue weighted by Crippen LogP contribution is -2.11. The largest absolute Gasteiger partial charge is 0.398 e. The summed E-state index contributed by atoms with van der Waals surface area (Å²) in [7, 11) is 0. The Kier molecular flexibility index (Phi) is 3.44. The number of nitrogens with one attached hydrogen (secondary N) is 2. The van der Waals surface area contributed by atoms with E-state index in [-0.39, 0.29) is 0 Å². The molecule has 0 aromatic heterocycles. The van der Waals surface area contributed by atoms with E-state index in [1.165, 1.54) is 6.21 Å². The van der Waals surface area contributed by atoms with Gasteiger partial charge in [-0.15, -0.1) is 0 Å². The van der Waals surface area contributed by atoms with E-state index in [2.05, 4.69) is 10.3 Å². The third kappa shape index (κ3) is 2.65. The zero-order chi connectivity index (χ0) is 12.3. The van der Waals surface area contributed by atoms with Crippen molar-refractivity contribution in [3.63, 3.8) is 0 Å². The molecule has 0 radical (unpaired) electrons. The molecular weight excluding hydrogens is 236 g/mol. The molecule has 1 aromatic rings. The molecule has 0 atom stereocenters. The molecule has 0 bridgehead atoms. The molecule has 0 saturated heterocycles. The lowest BCUT2D eigenvalue weighted by molar-refractivity contribution is 1.26. The summed E-state index contributed by atoms with van der Waals surface area (Å²) in [6, 6.07) is 3.42. The molecule has 1 aliphatic heterocycles. The highest BCUT2D eigenvalue weighted by Gasteiger charge is 2.06. The fourth-order valence-electron chi connectivity index (χ4n) is 1.58. The smallest absolute Gasteiger partial charge is 0.0645 e. The number of benzene rings is 1. The molecule has 4 nitrogen and oxygen atoms in total. The van der Waals surface area contributed by atoms with Gasteiger partial charge in [-0.25, -0.2) is 0 Å². The molecule has 0 spiro atoms. The van der Waals surface area contributed by atoms with Crippen molar-refractivity contribution in [2.24, 2.45) is 4.99 Å². The second-order valence-corrected chi connectivity index (χ2v) is 4.10. The predicted molar refractivity (Wildman–Crippen MR) is 73.7 cm³/mol. The summed E-state index contributed by atoms with van der Waals surface area (Å²) in [4.78, 5) is 4.27. The van der Waals surface area contributed by atoms with Crippen LogP contribution in [0.3, 0.4) is 0 Å². The van der Waals surface area contributed by atoms with Crippen LogP contribution in [0.4, 0.5) is 11.4 Å². The van der Waals surface area contributed by atoms with Gasteiger partial charge in [-0.3, -0.25) is 4.99 Å². The first-order valence-electron chi connectivity index (χ1n) is 5.24. The molecule has 4 N–H and O–H groups in total. The van der Waals surface area contributed by atoms with Crippen molar-refractivity contribution < 1.29 is 0 Å². The van der Waals surface area contributed by atoms with Crippen LogP contribution in [0.25, 0.3) is 0 Å². The van der Waals surface area contributed by atoms with E-state index in [0.717, 1.165) is 17.9 Å². The first-order chi connectivity index (χ1) is 8.20. The van der Waals surface area contributed by atoms with E-state index >= 15 is 0 Å². The fourth-order valence-corrected chi connectivity index (χ4v) is 1.82. The Morgan fingerprint density at radius 3 is 3.00 bits per heavy atom. The Morgan fingerprint density at radius 2 is 2.35 bits per heavy atom. The van der Waals surface area contributed by atoms with Crippen LogP contribution in [0, 0.1) is 5.41 Å². The van der Waals surface area contributed by atoms with Crippen molar-refractivity contribution in [2.75, 3.05) is 24.1 Å². The average molecular weight is 249 g/mol. The first kappa shape index (κ1) is 11.7. The highest BCUT2D eigenvalue weighted by Crippen LogP contribution is 2.26. The lowest BCUT2D eigenvalue weighted by atomic mass is 10.1. The SMILES string of the molecule is N=Cc1cc(Cl)c(NCC2=NCC=C2)cc1N. The maximum absolute atomic E-state index is 7.18. The molecule has 88 valence electrons. The van der Waals surface area contributed by atoms with Crippen LogP contribution in [0.5, 0.6) is 0 Å². The lowest BCUT2D eigenvalue weighted by Gasteiger charge is -2.10. The first-order valence-corrected chi connectivity index (χ1v) is 5.61. The Balaban J connectivity index is 2.13. The Morgan fingerprint density at radius 1 is 1.53 bits per heavy atom. The average Bonchev–Trinajstić information content (AvgIpc) is 2.82. The summed E-state index contributed by atoms with van der Waals surface area (Å²) in [5.41, 5.74) is 8.71. The van der Waals surface area contributed by atoms with E-state index in [1.54, 1.807) is 12.1 Å². The van der Waals surface area contributed by atoms with Crippen LogP contribution < -0.4 is 11.1 Å². The topological polar surface area (TPSA) is 74.3 Å². The summed E-state index contributed by atoms with van der Waals surface area (Å²) in [6.45, 7) is 1.37. The predicted octanol–water partition coefficient (Wildman–Crippen LogP) is 2.34. The van der Waals surface area contributed by atoms with Gasteiger partial charge in [0.05, 0.1) is 29.5 Å². The van der Waals surface area contributed by atoms with Crippen LogP contribution in [0.2, 0.25) is 5.02 Å². The van der Waals surface area contributed by atoms with Gasteiger partial charge in [-0.1, -0.05) is 17.7 Å². The monoisotopic (exact) mass is 248 g/mol. The van der Waals surface area contributed by atoms with E-state index in [4.69, 9.17) is 22.7 Å². The molecule has 1 aromatic carbocycles. The molecule has 2 rings (SSSR count). The van der Waals surface area contributed by atoms with Crippen molar-refractivity contribution in [3.8, 4) is 0 Å². The van der Waals surface area contributed by atoms with E-state index in [0.29, 0.717) is 22.8 Å². The molecule has 0 amide bonds. The van der Waals surface area contributed by atoms with Gasteiger partial charge in [-0.2, -0.15) is 0 Å². The van der Waals surface area contributed by atoms with Crippen LogP contribution in [0.1, 0.15) is 5.56 Å². The molecule has 1 aliphatic rings. The zero-order valence-corrected chi connectivity index (χ0v) is 9.96. The highest BCUT2D eigenvalue weighted by atomic mass is 35.5. The van der Waals surface area contributed by atoms with E-state index in [9.17, 15) is 0 Å². The number of nitrogens with zero attached hydrogens (tertiary/aromatic N) is 1. The number of rotatable bonds is 4. The molecule has 0 unspecified atom stereocenters. The van der Waals surface area contributed by atoms with Gasteiger partial charge in [0, 0.05) is 17.5 Å². The molecule has 0 aliphatic carbocycles. The number of aliphatic imine (C=N–C) groups is 1. The van der Waals surface area contributed by atoms with Crippen LogP contribution >= 0.6 is 11.6 Å². The molecule has 1 heterocycles. The van der Waals surface area contributed by atoms with Crippen LogP contribution in [0.15, 0.2) is 29.3 Å². The van der Waals surface area contributed by atoms with Crippen molar-refractivity contribution in [1.29, 1.82) is 5.41 Å². The zero-order valence-electron chi connectivity index (χ0n) is 9.20. The number of hydrogen-bond donors (Lipinski definition) is 3. The summed E-state index contributed by atoms with van der Waals surface area (Å²) >= 11 is 6.09. The van der Waals surface area contributed by atoms with Crippen LogP contribution in [-0.4, -0.2) is 25.0 Å². The Bertz CT molecular complexity index is 505. The van der Waals surface area contributed by atoms with Gasteiger partial charge in [0.15, 0.2) is 0 Å². The quantitative estimate of drug-likeness (QED) is 0.565. The van der Waals surface area contributed by atoms with Crippen molar-refractivity contribution in [1.82, 2.24) is 0 Å². The maximum Gasteiger partial charge on any atom is 0.0645 e. The summed E-state index contributed by atoms with van der Waals surface area (Å²) in [5, 5.41) is 10.9. The second-order valence-electron chi connectivity index (χ2n) is 3.69. The number of halogens is 1. The second kappa shape index (κ2) is 5.01. The van der Waals surface area contributed by atoms with Crippen molar-refractivity contribution in [3.05, 3.63) is 34.9 Å². The Labute approximate surface area is 105 Å². The summed E-state index contributed by atoms with van der Waals surface area (Å²) in [5.74, 6) is 0. The van der Waals surface area contributed by atoms with Gasteiger partial charge < -0.3 is 16.5 Å². The minimum atomic E-state index is 0.538.